The molecular formula is C33H40N6O8. The zero-order chi connectivity index (χ0) is 34.0. The highest BCUT2D eigenvalue weighted by molar-refractivity contribution is 6.10. The molecule has 2 aromatic carbocycles. The molecule has 5 N–H and O–H groups in total. The molecule has 47 heavy (non-hydrogen) atoms. The number of amides is 3. The molecule has 0 bridgehead atoms. The van der Waals surface area contributed by atoms with Gasteiger partial charge in [0.15, 0.2) is 5.78 Å². The number of nitrogens with one attached hydrogen (secondary N) is 1. The van der Waals surface area contributed by atoms with Gasteiger partial charge in [0.1, 0.15) is 12.3 Å². The van der Waals surface area contributed by atoms with Gasteiger partial charge in [-0.05, 0) is 62.6 Å². The number of carbonyl (C=O) groups excluding carboxylic acids is 6. The van der Waals surface area contributed by atoms with Crippen molar-refractivity contribution in [2.75, 3.05) is 42.0 Å². The van der Waals surface area contributed by atoms with Gasteiger partial charge in [-0.2, -0.15) is 5.90 Å². The van der Waals surface area contributed by atoms with Gasteiger partial charge in [0.25, 0.3) is 5.91 Å². The first-order valence-corrected chi connectivity index (χ1v) is 15.5. The number of Topliss-reactive ketones (excluding diaryl/α,β-unsaturated/α-hetero) is 2. The molecule has 3 unspecified atom stereocenters. The third kappa shape index (κ3) is 7.04. The number of anilines is 3. The molecule has 1 saturated carbocycles. The summed E-state index contributed by atoms with van der Waals surface area (Å²) in [7, 11) is 1.56. The molecule has 250 valence electrons. The third-order valence-corrected chi connectivity index (χ3v) is 9.19. The number of ketones is 2. The highest BCUT2D eigenvalue weighted by Gasteiger charge is 2.48. The predicted molar refractivity (Wildman–Crippen MR) is 171 cm³/mol. The first-order valence-electron chi connectivity index (χ1n) is 15.5. The fraction of sp³-hybridized carbons (Fsp3) is 0.455. The largest absolute Gasteiger partial charge is 0.377 e. The van der Waals surface area contributed by atoms with Crippen LogP contribution in [-0.4, -0.2) is 78.5 Å². The van der Waals surface area contributed by atoms with Gasteiger partial charge < -0.3 is 24.7 Å². The number of fused-ring (bicyclic) bond motifs is 2. The molecule has 0 spiro atoms. The van der Waals surface area contributed by atoms with Crippen LogP contribution in [0, 0.1) is 11.8 Å². The van der Waals surface area contributed by atoms with Gasteiger partial charge in [-0.3, -0.25) is 28.8 Å². The van der Waals surface area contributed by atoms with E-state index >= 15 is 0 Å². The number of nitrogens with zero attached hydrogens (tertiary/aromatic N) is 3. The van der Waals surface area contributed by atoms with Crippen LogP contribution in [0.2, 0.25) is 0 Å². The van der Waals surface area contributed by atoms with Gasteiger partial charge in [0.05, 0.1) is 53.4 Å². The van der Waals surface area contributed by atoms with E-state index in [4.69, 9.17) is 16.5 Å². The van der Waals surface area contributed by atoms with E-state index in [0.29, 0.717) is 29.0 Å². The van der Waals surface area contributed by atoms with E-state index in [9.17, 15) is 28.8 Å². The molecule has 3 atom stereocenters. The number of likely N-dealkylation sites (N-methyl/N-ethyl adjacent to an activating group) is 1. The van der Waals surface area contributed by atoms with Gasteiger partial charge in [0.2, 0.25) is 11.8 Å². The van der Waals surface area contributed by atoms with E-state index in [1.54, 1.807) is 63.4 Å². The molecule has 3 aliphatic rings. The quantitative estimate of drug-likeness (QED) is 0.192. The van der Waals surface area contributed by atoms with Crippen LogP contribution in [0.1, 0.15) is 55.5 Å². The van der Waals surface area contributed by atoms with Crippen LogP contribution in [-0.2, 0) is 40.0 Å². The Kier molecular flexibility index (Phi) is 9.75. The first kappa shape index (κ1) is 33.7. The van der Waals surface area contributed by atoms with Crippen molar-refractivity contribution in [1.29, 1.82) is 0 Å². The molecule has 1 saturated heterocycles. The molecule has 0 radical (unpaired) electrons. The Labute approximate surface area is 272 Å². The van der Waals surface area contributed by atoms with E-state index in [1.807, 2.05) is 0 Å². The molecule has 14 heteroatoms. The van der Waals surface area contributed by atoms with Gasteiger partial charge >= 0.3 is 5.97 Å². The Morgan fingerprint density at radius 1 is 1.11 bits per heavy atom. The molecule has 2 aliphatic heterocycles. The Morgan fingerprint density at radius 2 is 1.83 bits per heavy atom. The van der Waals surface area contributed by atoms with Gasteiger partial charge in [-0.25, -0.2) is 10.9 Å². The van der Waals surface area contributed by atoms with Crippen LogP contribution in [0.5, 0.6) is 0 Å². The van der Waals surface area contributed by atoms with Gasteiger partial charge in [0, 0.05) is 32.1 Å². The maximum Gasteiger partial charge on any atom is 0.326 e. The molecular weight excluding hydrogens is 608 g/mol. The topological polar surface area (TPSA) is 195 Å². The lowest BCUT2D eigenvalue weighted by Gasteiger charge is -2.28. The fourth-order valence-electron chi connectivity index (χ4n) is 6.36. The number of hydrogen-bond acceptors (Lipinski definition) is 11. The van der Waals surface area contributed by atoms with Crippen LogP contribution in [0.3, 0.4) is 0 Å². The monoisotopic (exact) mass is 648 g/mol. The number of hydrazine groups is 1. The summed E-state index contributed by atoms with van der Waals surface area (Å²) in [4.78, 5) is 83.7. The zero-order valence-electron chi connectivity index (χ0n) is 26.7. The van der Waals surface area contributed by atoms with Gasteiger partial charge in [-0.1, -0.05) is 12.1 Å². The molecule has 2 heterocycles. The number of rotatable bonds is 10. The number of benzene rings is 2. The number of hydrogen-bond donors (Lipinski definition) is 3. The van der Waals surface area contributed by atoms with Crippen molar-refractivity contribution in [2.45, 2.75) is 57.6 Å². The maximum absolute atomic E-state index is 13.5. The van der Waals surface area contributed by atoms with Crippen molar-refractivity contribution >= 4 is 52.3 Å². The molecule has 1 aliphatic carbocycles. The SMILES string of the molecule is CN1C(=O)CN(CCC(=O)ON)C(=O)c2cc(NC(C)(C)C(=O)Cc3ccc(N(N)C(=O)C4COC5CCCC(=O)C54)cc3)ccc21. The standard InChI is InChI=1S/C33H40N6O8/c1-33(2,36-20-9-12-24-22(16-20)31(44)38(14-13-29(43)47-35)17-28(42)37(24)3)27(41)15-19-7-10-21(11-8-19)39(34)32(45)23-18-46-26-6-4-5-25(40)30(23)26/h7-12,16,23,26,30,36H,4-6,13-15,17-18,34-35H2,1-3H3. The maximum atomic E-state index is 13.5. The van der Waals surface area contributed by atoms with E-state index in [-0.39, 0.29) is 67.6 Å². The normalized spacial score (nSPS) is 21.1. The van der Waals surface area contributed by atoms with Crippen molar-refractivity contribution in [1.82, 2.24) is 4.90 Å². The second kappa shape index (κ2) is 13.6. The highest BCUT2D eigenvalue weighted by atomic mass is 16.7. The Balaban J connectivity index is 1.24. The first-order chi connectivity index (χ1) is 22.3. The second-order valence-electron chi connectivity index (χ2n) is 12.7. The van der Waals surface area contributed by atoms with E-state index in [1.165, 1.54) is 9.80 Å². The summed E-state index contributed by atoms with van der Waals surface area (Å²) in [5.74, 6) is 8.04. The summed E-state index contributed by atoms with van der Waals surface area (Å²) in [6.45, 7) is 3.33. The van der Waals surface area contributed by atoms with Crippen LogP contribution in [0.15, 0.2) is 42.5 Å². The van der Waals surface area contributed by atoms with Crippen molar-refractivity contribution in [2.24, 2.45) is 23.6 Å². The Morgan fingerprint density at radius 3 is 2.53 bits per heavy atom. The van der Waals surface area contributed by atoms with E-state index in [0.717, 1.165) is 17.9 Å². The lowest BCUT2D eigenvalue weighted by molar-refractivity contribution is -0.144. The summed E-state index contributed by atoms with van der Waals surface area (Å²) in [5.41, 5.74) is 1.19. The summed E-state index contributed by atoms with van der Waals surface area (Å²) in [6, 6.07) is 11.7. The fourth-order valence-corrected chi connectivity index (χ4v) is 6.36. The molecule has 5 rings (SSSR count). The average molecular weight is 649 g/mol. The highest BCUT2D eigenvalue weighted by Crippen LogP contribution is 2.37. The minimum atomic E-state index is -1.06. The van der Waals surface area contributed by atoms with Crippen molar-refractivity contribution < 1.29 is 38.3 Å². The van der Waals surface area contributed by atoms with Crippen LogP contribution < -0.4 is 27.0 Å². The van der Waals surface area contributed by atoms with Gasteiger partial charge in [-0.15, -0.1) is 0 Å². The van der Waals surface area contributed by atoms with Crippen molar-refractivity contribution in [3.63, 3.8) is 0 Å². The minimum Gasteiger partial charge on any atom is -0.377 e. The van der Waals surface area contributed by atoms with Crippen LogP contribution >= 0.6 is 0 Å². The average Bonchev–Trinajstić information content (AvgIpc) is 3.47. The summed E-state index contributed by atoms with van der Waals surface area (Å²) < 4.78 is 5.74. The van der Waals surface area contributed by atoms with Crippen molar-refractivity contribution in [3.05, 3.63) is 53.6 Å². The molecule has 2 aromatic rings. The molecule has 14 nitrogen and oxygen atoms in total. The molecule has 0 aromatic heterocycles. The summed E-state index contributed by atoms with van der Waals surface area (Å²) in [6.07, 6.45) is 1.64. The lowest BCUT2D eigenvalue weighted by atomic mass is 9.79. The van der Waals surface area contributed by atoms with E-state index in [2.05, 4.69) is 10.2 Å². The summed E-state index contributed by atoms with van der Waals surface area (Å²) >= 11 is 0. The van der Waals surface area contributed by atoms with Crippen LogP contribution in [0.4, 0.5) is 17.1 Å². The second-order valence-corrected chi connectivity index (χ2v) is 12.7. The minimum absolute atomic E-state index is 0.0454. The number of ether oxygens (including phenoxy) is 1. The Hall–Kier alpha value is -4.66. The van der Waals surface area contributed by atoms with Crippen LogP contribution in [0.25, 0.3) is 0 Å². The van der Waals surface area contributed by atoms with Crippen molar-refractivity contribution in [3.8, 4) is 0 Å². The molecule has 2 fully saturated rings. The zero-order valence-corrected chi connectivity index (χ0v) is 26.7. The number of nitrogens with two attached hydrogens (primary N) is 2. The number of carbonyl (C=O) groups is 6. The van der Waals surface area contributed by atoms with E-state index < -0.39 is 29.3 Å². The smallest absolute Gasteiger partial charge is 0.326 e. The Bertz CT molecular complexity index is 1590. The lowest BCUT2D eigenvalue weighted by Crippen LogP contribution is -2.46. The summed E-state index contributed by atoms with van der Waals surface area (Å²) in [5, 5.41) is 4.25. The third-order valence-electron chi connectivity index (χ3n) is 9.19. The predicted octanol–water partition coefficient (Wildman–Crippen LogP) is 1.51. The molecule has 3 amide bonds.